The van der Waals surface area contributed by atoms with Gasteiger partial charge in [-0.15, -0.1) is 0 Å². The van der Waals surface area contributed by atoms with Crippen molar-refractivity contribution in [1.29, 1.82) is 0 Å². The first-order valence-corrected chi connectivity index (χ1v) is 7.95. The molecule has 1 heterocycles. The predicted octanol–water partition coefficient (Wildman–Crippen LogP) is 1.68. The number of fused-ring (bicyclic) bond motifs is 1. The standard InChI is InChI=1S/C17H23N3O3/c1-11(2)9-10-18-15(21)8-7-14-17(23)19-13-6-4-3-5-12(13)16(22)20-14/h3-6,11,14H,7-10H2,1-2H3,(H,18,21)(H,19,23)(H,20,22)/t14-/m1/s1. The highest BCUT2D eigenvalue weighted by molar-refractivity contribution is 6.09. The van der Waals surface area contributed by atoms with Crippen molar-refractivity contribution >= 4 is 23.4 Å². The lowest BCUT2D eigenvalue weighted by atomic mass is 10.1. The summed E-state index contributed by atoms with van der Waals surface area (Å²) >= 11 is 0. The summed E-state index contributed by atoms with van der Waals surface area (Å²) in [5, 5.41) is 8.24. The molecular formula is C17H23N3O3. The molecule has 3 amide bonds. The third-order valence-electron chi connectivity index (χ3n) is 3.76. The molecule has 0 saturated heterocycles. The Morgan fingerprint density at radius 3 is 2.74 bits per heavy atom. The van der Waals surface area contributed by atoms with Gasteiger partial charge in [-0.1, -0.05) is 26.0 Å². The summed E-state index contributed by atoms with van der Waals surface area (Å²) in [6.45, 7) is 4.82. The molecule has 6 nitrogen and oxygen atoms in total. The average molecular weight is 317 g/mol. The highest BCUT2D eigenvalue weighted by Crippen LogP contribution is 2.19. The van der Waals surface area contributed by atoms with Crippen molar-refractivity contribution in [3.8, 4) is 0 Å². The quantitative estimate of drug-likeness (QED) is 0.746. The Balaban J connectivity index is 1.88. The molecule has 1 aliphatic rings. The van der Waals surface area contributed by atoms with Gasteiger partial charge in [0.15, 0.2) is 0 Å². The number of nitrogens with one attached hydrogen (secondary N) is 3. The monoisotopic (exact) mass is 317 g/mol. The van der Waals surface area contributed by atoms with Crippen LogP contribution in [0.25, 0.3) is 0 Å². The Hall–Kier alpha value is -2.37. The van der Waals surface area contributed by atoms with Gasteiger partial charge >= 0.3 is 0 Å². The summed E-state index contributed by atoms with van der Waals surface area (Å²) in [5.74, 6) is -0.169. The van der Waals surface area contributed by atoms with E-state index >= 15 is 0 Å². The van der Waals surface area contributed by atoms with Crippen molar-refractivity contribution in [2.45, 2.75) is 39.2 Å². The van der Waals surface area contributed by atoms with Crippen LogP contribution in [-0.4, -0.2) is 30.3 Å². The first kappa shape index (κ1) is 17.0. The van der Waals surface area contributed by atoms with Crippen LogP contribution in [-0.2, 0) is 9.59 Å². The molecular weight excluding hydrogens is 294 g/mol. The zero-order valence-electron chi connectivity index (χ0n) is 13.5. The first-order valence-electron chi connectivity index (χ1n) is 7.95. The van der Waals surface area contributed by atoms with Crippen molar-refractivity contribution in [1.82, 2.24) is 10.6 Å². The maximum atomic E-state index is 12.2. The number of rotatable bonds is 6. The van der Waals surface area contributed by atoms with Gasteiger partial charge in [0.1, 0.15) is 6.04 Å². The number of carbonyl (C=O) groups is 3. The van der Waals surface area contributed by atoms with Crippen LogP contribution < -0.4 is 16.0 Å². The van der Waals surface area contributed by atoms with Crippen LogP contribution in [0.5, 0.6) is 0 Å². The van der Waals surface area contributed by atoms with Gasteiger partial charge in [0, 0.05) is 13.0 Å². The minimum atomic E-state index is -0.703. The van der Waals surface area contributed by atoms with E-state index in [0.717, 1.165) is 6.42 Å². The summed E-state index contributed by atoms with van der Waals surface area (Å²) in [7, 11) is 0. The number of anilines is 1. The molecule has 23 heavy (non-hydrogen) atoms. The van der Waals surface area contributed by atoms with Gasteiger partial charge in [0.2, 0.25) is 11.8 Å². The topological polar surface area (TPSA) is 87.3 Å². The van der Waals surface area contributed by atoms with Gasteiger partial charge in [-0.2, -0.15) is 0 Å². The molecule has 0 bridgehead atoms. The molecule has 124 valence electrons. The van der Waals surface area contributed by atoms with Gasteiger partial charge in [-0.3, -0.25) is 14.4 Å². The fourth-order valence-corrected chi connectivity index (χ4v) is 2.38. The molecule has 3 N–H and O–H groups in total. The molecule has 6 heteroatoms. The zero-order chi connectivity index (χ0) is 16.8. The fraction of sp³-hybridized carbons (Fsp3) is 0.471. The fourth-order valence-electron chi connectivity index (χ4n) is 2.38. The minimum absolute atomic E-state index is 0.102. The zero-order valence-corrected chi connectivity index (χ0v) is 13.5. The predicted molar refractivity (Wildman–Crippen MR) is 88.0 cm³/mol. The molecule has 0 unspecified atom stereocenters. The second-order valence-electron chi connectivity index (χ2n) is 6.13. The van der Waals surface area contributed by atoms with Crippen molar-refractivity contribution in [3.63, 3.8) is 0 Å². The van der Waals surface area contributed by atoms with Crippen LogP contribution in [0.4, 0.5) is 5.69 Å². The number of amides is 3. The molecule has 1 aromatic carbocycles. The number of benzene rings is 1. The first-order chi connectivity index (χ1) is 11.0. The third-order valence-corrected chi connectivity index (χ3v) is 3.76. The Morgan fingerprint density at radius 2 is 2.00 bits per heavy atom. The second-order valence-corrected chi connectivity index (χ2v) is 6.13. The number of para-hydroxylation sites is 1. The van der Waals surface area contributed by atoms with Gasteiger partial charge in [0.05, 0.1) is 11.3 Å². The molecule has 2 rings (SSSR count). The highest BCUT2D eigenvalue weighted by Gasteiger charge is 2.27. The highest BCUT2D eigenvalue weighted by atomic mass is 16.2. The molecule has 1 aliphatic heterocycles. The Bertz CT molecular complexity index is 599. The van der Waals surface area contributed by atoms with Crippen LogP contribution in [0.2, 0.25) is 0 Å². The lowest BCUT2D eigenvalue weighted by Crippen LogP contribution is -2.42. The van der Waals surface area contributed by atoms with E-state index in [1.807, 2.05) is 0 Å². The molecule has 1 aromatic rings. The maximum Gasteiger partial charge on any atom is 0.254 e. The lowest BCUT2D eigenvalue weighted by Gasteiger charge is -2.14. The maximum absolute atomic E-state index is 12.2. The van der Waals surface area contributed by atoms with E-state index in [2.05, 4.69) is 29.8 Å². The van der Waals surface area contributed by atoms with Crippen LogP contribution >= 0.6 is 0 Å². The SMILES string of the molecule is CC(C)CCNC(=O)CC[C@H]1NC(=O)c2ccccc2NC1=O. The van der Waals surface area contributed by atoms with Crippen molar-refractivity contribution < 1.29 is 14.4 Å². The summed E-state index contributed by atoms with van der Waals surface area (Å²) in [4.78, 5) is 36.1. The van der Waals surface area contributed by atoms with Crippen LogP contribution in [0.15, 0.2) is 24.3 Å². The smallest absolute Gasteiger partial charge is 0.254 e. The van der Waals surface area contributed by atoms with Gasteiger partial charge < -0.3 is 16.0 Å². The van der Waals surface area contributed by atoms with Gasteiger partial charge in [0.25, 0.3) is 5.91 Å². The average Bonchev–Trinajstić information content (AvgIpc) is 2.62. The van der Waals surface area contributed by atoms with Gasteiger partial charge in [-0.25, -0.2) is 0 Å². The molecule has 0 radical (unpaired) electrons. The Labute approximate surface area is 136 Å². The molecule has 0 fully saturated rings. The van der Waals surface area contributed by atoms with Crippen LogP contribution in [0.3, 0.4) is 0 Å². The van der Waals surface area contributed by atoms with E-state index in [-0.39, 0.29) is 30.6 Å². The third kappa shape index (κ3) is 4.81. The largest absolute Gasteiger partial charge is 0.356 e. The summed E-state index contributed by atoms with van der Waals surface area (Å²) < 4.78 is 0. The number of hydrogen-bond acceptors (Lipinski definition) is 3. The normalized spacial score (nSPS) is 17.1. The van der Waals surface area contributed by atoms with E-state index < -0.39 is 6.04 Å². The molecule has 1 atom stereocenters. The van der Waals surface area contributed by atoms with E-state index in [1.54, 1.807) is 24.3 Å². The summed E-state index contributed by atoms with van der Waals surface area (Å²) in [6, 6.07) is 6.15. The second kappa shape index (κ2) is 7.76. The molecule has 0 spiro atoms. The molecule has 0 aromatic heterocycles. The van der Waals surface area contributed by atoms with Crippen molar-refractivity contribution in [3.05, 3.63) is 29.8 Å². The molecule has 0 saturated carbocycles. The summed E-state index contributed by atoms with van der Waals surface area (Å²) in [6.07, 6.45) is 1.40. The Kier molecular flexibility index (Phi) is 5.73. The van der Waals surface area contributed by atoms with Gasteiger partial charge in [-0.05, 0) is 30.9 Å². The van der Waals surface area contributed by atoms with E-state index in [4.69, 9.17) is 0 Å². The van der Waals surface area contributed by atoms with Crippen LogP contribution in [0, 0.1) is 5.92 Å². The lowest BCUT2D eigenvalue weighted by molar-refractivity contribution is -0.121. The number of carbonyl (C=O) groups excluding carboxylic acids is 3. The van der Waals surface area contributed by atoms with E-state index in [0.29, 0.717) is 23.7 Å². The van der Waals surface area contributed by atoms with E-state index in [9.17, 15) is 14.4 Å². The van der Waals surface area contributed by atoms with Crippen molar-refractivity contribution in [2.75, 3.05) is 11.9 Å². The van der Waals surface area contributed by atoms with E-state index in [1.165, 1.54) is 0 Å². The molecule has 0 aliphatic carbocycles. The summed E-state index contributed by atoms with van der Waals surface area (Å²) in [5.41, 5.74) is 0.934. The number of hydrogen-bond donors (Lipinski definition) is 3. The van der Waals surface area contributed by atoms with Crippen molar-refractivity contribution in [2.24, 2.45) is 5.92 Å². The Morgan fingerprint density at radius 1 is 1.26 bits per heavy atom. The minimum Gasteiger partial charge on any atom is -0.356 e. The van der Waals surface area contributed by atoms with Crippen LogP contribution in [0.1, 0.15) is 43.5 Å².